The lowest BCUT2D eigenvalue weighted by Gasteiger charge is -2.15. The first-order valence-electron chi connectivity index (χ1n) is 8.27. The highest BCUT2D eigenvalue weighted by Gasteiger charge is 2.28. The van der Waals surface area contributed by atoms with Crippen LogP contribution in [0.25, 0.3) is 0 Å². The SMILES string of the molecule is CCC(=O)Nc1nccc(C(=O)NC(C)c2ccc(OCC(F)(F)F)nc2)n1. The number of ether oxygens (including phenoxy) is 1. The van der Waals surface area contributed by atoms with Crippen molar-refractivity contribution >= 4 is 17.8 Å². The Morgan fingerprint density at radius 1 is 1.21 bits per heavy atom. The van der Waals surface area contributed by atoms with E-state index in [4.69, 9.17) is 0 Å². The number of anilines is 1. The molecule has 2 heterocycles. The Morgan fingerprint density at radius 2 is 1.96 bits per heavy atom. The number of carbonyl (C=O) groups is 2. The first kappa shape index (κ1) is 21.1. The van der Waals surface area contributed by atoms with Crippen LogP contribution in [0.15, 0.2) is 30.6 Å². The highest BCUT2D eigenvalue weighted by molar-refractivity contribution is 5.93. The monoisotopic (exact) mass is 397 g/mol. The van der Waals surface area contributed by atoms with Crippen LogP contribution in [-0.2, 0) is 4.79 Å². The molecule has 0 aliphatic heterocycles. The van der Waals surface area contributed by atoms with Gasteiger partial charge in [-0.25, -0.2) is 15.0 Å². The summed E-state index contributed by atoms with van der Waals surface area (Å²) >= 11 is 0. The summed E-state index contributed by atoms with van der Waals surface area (Å²) in [6, 6.07) is 3.67. The standard InChI is InChI=1S/C17H18F3N5O3/c1-3-13(26)25-16-21-7-6-12(24-16)15(27)23-10(2)11-4-5-14(22-8-11)28-9-17(18,19)20/h4-8,10H,3,9H2,1-2H3,(H,23,27)(H,21,24,25,26). The van der Waals surface area contributed by atoms with Crippen LogP contribution in [0.1, 0.15) is 42.4 Å². The second-order valence-electron chi connectivity index (χ2n) is 5.70. The molecule has 28 heavy (non-hydrogen) atoms. The van der Waals surface area contributed by atoms with Crippen molar-refractivity contribution in [3.63, 3.8) is 0 Å². The summed E-state index contributed by atoms with van der Waals surface area (Å²) in [6.07, 6.45) is -1.56. The summed E-state index contributed by atoms with van der Waals surface area (Å²) < 4.78 is 40.9. The number of hydrogen-bond acceptors (Lipinski definition) is 6. The van der Waals surface area contributed by atoms with E-state index in [1.165, 1.54) is 30.6 Å². The molecule has 0 aromatic carbocycles. The van der Waals surface area contributed by atoms with Crippen LogP contribution >= 0.6 is 0 Å². The van der Waals surface area contributed by atoms with Gasteiger partial charge in [-0.15, -0.1) is 0 Å². The Bertz CT molecular complexity index is 828. The third kappa shape index (κ3) is 6.49. The third-order valence-corrected chi connectivity index (χ3v) is 3.45. The summed E-state index contributed by atoms with van der Waals surface area (Å²) in [5.41, 5.74) is 0.604. The molecule has 2 aromatic rings. The smallest absolute Gasteiger partial charge is 0.422 e. The second-order valence-corrected chi connectivity index (χ2v) is 5.70. The van der Waals surface area contributed by atoms with E-state index in [1.54, 1.807) is 13.8 Å². The normalized spacial score (nSPS) is 12.2. The van der Waals surface area contributed by atoms with Crippen molar-refractivity contribution in [2.24, 2.45) is 0 Å². The number of aromatic nitrogens is 3. The van der Waals surface area contributed by atoms with E-state index in [2.05, 4.69) is 30.3 Å². The van der Waals surface area contributed by atoms with Crippen molar-refractivity contribution in [2.45, 2.75) is 32.5 Å². The van der Waals surface area contributed by atoms with E-state index in [0.717, 1.165) is 0 Å². The molecule has 2 N–H and O–H groups in total. The number of rotatable bonds is 7. The zero-order chi connectivity index (χ0) is 20.7. The van der Waals surface area contributed by atoms with Crippen LogP contribution in [0.4, 0.5) is 19.1 Å². The van der Waals surface area contributed by atoms with Gasteiger partial charge in [0, 0.05) is 24.9 Å². The number of nitrogens with one attached hydrogen (secondary N) is 2. The molecule has 0 bridgehead atoms. The van der Waals surface area contributed by atoms with Crippen LogP contribution in [0.3, 0.4) is 0 Å². The molecule has 0 fully saturated rings. The molecule has 2 aromatic heterocycles. The van der Waals surface area contributed by atoms with Gasteiger partial charge in [0.15, 0.2) is 6.61 Å². The van der Waals surface area contributed by atoms with Crippen LogP contribution < -0.4 is 15.4 Å². The van der Waals surface area contributed by atoms with E-state index >= 15 is 0 Å². The van der Waals surface area contributed by atoms with Crippen LogP contribution in [0.2, 0.25) is 0 Å². The molecule has 0 spiro atoms. The molecule has 0 aliphatic carbocycles. The first-order valence-corrected chi connectivity index (χ1v) is 8.27. The van der Waals surface area contributed by atoms with E-state index in [9.17, 15) is 22.8 Å². The van der Waals surface area contributed by atoms with Gasteiger partial charge >= 0.3 is 6.18 Å². The lowest BCUT2D eigenvalue weighted by atomic mass is 10.1. The minimum atomic E-state index is -4.45. The Kier molecular flexibility index (Phi) is 6.85. The number of hydrogen-bond donors (Lipinski definition) is 2. The lowest BCUT2D eigenvalue weighted by molar-refractivity contribution is -0.154. The van der Waals surface area contributed by atoms with Gasteiger partial charge in [-0.1, -0.05) is 13.0 Å². The number of halogens is 3. The molecule has 2 rings (SSSR count). The van der Waals surface area contributed by atoms with Gasteiger partial charge in [-0.2, -0.15) is 13.2 Å². The number of amides is 2. The quantitative estimate of drug-likeness (QED) is 0.744. The highest BCUT2D eigenvalue weighted by Crippen LogP contribution is 2.19. The van der Waals surface area contributed by atoms with Gasteiger partial charge in [0.2, 0.25) is 17.7 Å². The molecule has 1 atom stereocenters. The summed E-state index contributed by atoms with van der Waals surface area (Å²) in [4.78, 5) is 35.3. The van der Waals surface area contributed by atoms with Gasteiger partial charge in [-0.05, 0) is 18.6 Å². The summed E-state index contributed by atoms with van der Waals surface area (Å²) in [6.45, 7) is 1.91. The van der Waals surface area contributed by atoms with Gasteiger partial charge < -0.3 is 10.1 Å². The molecule has 0 aliphatic rings. The highest BCUT2D eigenvalue weighted by atomic mass is 19.4. The number of carbonyl (C=O) groups excluding carboxylic acids is 2. The van der Waals surface area contributed by atoms with Crippen molar-refractivity contribution in [2.75, 3.05) is 11.9 Å². The fourth-order valence-corrected chi connectivity index (χ4v) is 2.00. The van der Waals surface area contributed by atoms with Gasteiger partial charge in [0.1, 0.15) is 5.69 Å². The fraction of sp³-hybridized carbons (Fsp3) is 0.353. The fourth-order valence-electron chi connectivity index (χ4n) is 2.00. The van der Waals surface area contributed by atoms with Crippen molar-refractivity contribution in [1.29, 1.82) is 0 Å². The van der Waals surface area contributed by atoms with Crippen LogP contribution in [0, 0.1) is 0 Å². The molecule has 0 saturated heterocycles. The van der Waals surface area contributed by atoms with E-state index in [-0.39, 0.29) is 29.9 Å². The molecule has 150 valence electrons. The summed E-state index contributed by atoms with van der Waals surface area (Å²) in [5, 5.41) is 5.14. The molecule has 8 nitrogen and oxygen atoms in total. The zero-order valence-corrected chi connectivity index (χ0v) is 15.1. The summed E-state index contributed by atoms with van der Waals surface area (Å²) in [7, 11) is 0. The van der Waals surface area contributed by atoms with Gasteiger partial charge in [0.05, 0.1) is 6.04 Å². The van der Waals surface area contributed by atoms with Crippen molar-refractivity contribution in [1.82, 2.24) is 20.3 Å². The summed E-state index contributed by atoms with van der Waals surface area (Å²) in [5.74, 6) is -0.962. The van der Waals surface area contributed by atoms with Gasteiger partial charge in [0.25, 0.3) is 5.91 Å². The number of pyridine rings is 1. The average Bonchev–Trinajstić information content (AvgIpc) is 2.66. The maximum atomic E-state index is 12.3. The molecule has 1 unspecified atom stereocenters. The Balaban J connectivity index is 1.98. The van der Waals surface area contributed by atoms with Crippen LogP contribution in [-0.4, -0.2) is 39.5 Å². The number of alkyl halides is 3. The number of nitrogens with zero attached hydrogens (tertiary/aromatic N) is 3. The molecule has 2 amide bonds. The first-order chi connectivity index (χ1) is 13.2. The third-order valence-electron chi connectivity index (χ3n) is 3.45. The largest absolute Gasteiger partial charge is 0.468 e. The van der Waals surface area contributed by atoms with Crippen molar-refractivity contribution in [3.8, 4) is 5.88 Å². The Morgan fingerprint density at radius 3 is 2.57 bits per heavy atom. The molecule has 0 saturated carbocycles. The second kappa shape index (κ2) is 9.11. The molecular weight excluding hydrogens is 379 g/mol. The Labute approximate surface area is 158 Å². The predicted octanol–water partition coefficient (Wildman–Crippen LogP) is 2.65. The van der Waals surface area contributed by atoms with Crippen LogP contribution in [0.5, 0.6) is 5.88 Å². The zero-order valence-electron chi connectivity index (χ0n) is 15.1. The van der Waals surface area contributed by atoms with E-state index in [0.29, 0.717) is 5.56 Å². The molecule has 11 heteroatoms. The Hall–Kier alpha value is -3.24. The van der Waals surface area contributed by atoms with E-state index < -0.39 is 24.7 Å². The lowest BCUT2D eigenvalue weighted by Crippen LogP contribution is -2.28. The van der Waals surface area contributed by atoms with E-state index in [1.807, 2.05) is 0 Å². The maximum absolute atomic E-state index is 12.3. The van der Waals surface area contributed by atoms with Crippen molar-refractivity contribution in [3.05, 3.63) is 41.9 Å². The maximum Gasteiger partial charge on any atom is 0.422 e. The van der Waals surface area contributed by atoms with Crippen molar-refractivity contribution < 1.29 is 27.5 Å². The average molecular weight is 397 g/mol. The minimum Gasteiger partial charge on any atom is -0.468 e. The van der Waals surface area contributed by atoms with Gasteiger partial charge in [-0.3, -0.25) is 14.9 Å². The minimum absolute atomic E-state index is 0.0139. The molecule has 0 radical (unpaired) electrons. The topological polar surface area (TPSA) is 106 Å². The molecular formula is C17H18F3N5O3. The predicted molar refractivity (Wildman–Crippen MR) is 92.6 cm³/mol.